The molecule has 0 spiro atoms. The highest BCUT2D eigenvalue weighted by atomic mass is 32.2. The SMILES string of the molecule is CCOP(=O)(Nc1nc(/C(=N/OC)C(=O)N[C@@H]2C(=O)N3C(C(=O)O)=C(CSc4nc(=O)c(=O)[nH]n4C)CS[C@H]23)cs1)OCC. The Morgan fingerprint density at radius 1 is 1.25 bits per heavy atom. The van der Waals surface area contributed by atoms with Crippen LogP contribution in [0.4, 0.5) is 5.13 Å². The van der Waals surface area contributed by atoms with Crippen LogP contribution < -0.4 is 21.5 Å². The summed E-state index contributed by atoms with van der Waals surface area (Å²) in [6.45, 7) is 3.51. The molecule has 238 valence electrons. The van der Waals surface area contributed by atoms with E-state index in [0.717, 1.165) is 28.0 Å². The van der Waals surface area contributed by atoms with E-state index in [4.69, 9.17) is 13.9 Å². The quantitative estimate of drug-likeness (QED) is 0.0524. The Morgan fingerprint density at radius 3 is 2.59 bits per heavy atom. The predicted octanol–water partition coefficient (Wildman–Crippen LogP) is 0.400. The van der Waals surface area contributed by atoms with E-state index >= 15 is 0 Å². The Bertz CT molecular complexity index is 1680. The van der Waals surface area contributed by atoms with Gasteiger partial charge in [-0.2, -0.15) is 4.98 Å². The van der Waals surface area contributed by atoms with Crippen molar-refractivity contribution in [1.82, 2.24) is 30.0 Å². The molecule has 1 saturated heterocycles. The normalized spacial score (nSPS) is 18.5. The number of aryl methyl sites for hydroxylation is 1. The summed E-state index contributed by atoms with van der Waals surface area (Å²) in [5.41, 5.74) is -1.95. The number of carbonyl (C=O) groups is 3. The van der Waals surface area contributed by atoms with E-state index in [1.54, 1.807) is 13.8 Å². The van der Waals surface area contributed by atoms with Crippen molar-refractivity contribution < 1.29 is 37.9 Å². The molecule has 0 bridgehead atoms. The monoisotopic (exact) mass is 690 g/mol. The molecule has 0 unspecified atom stereocenters. The summed E-state index contributed by atoms with van der Waals surface area (Å²) in [7, 11) is -1.01. The van der Waals surface area contributed by atoms with E-state index in [2.05, 4.69) is 30.6 Å². The second-order valence-corrected chi connectivity index (χ2v) is 13.4. The maximum absolute atomic E-state index is 13.2. The highest BCUT2D eigenvalue weighted by Crippen LogP contribution is 2.48. The first-order valence-corrected chi connectivity index (χ1v) is 17.1. The van der Waals surface area contributed by atoms with E-state index in [-0.39, 0.29) is 52.1 Å². The average Bonchev–Trinajstić information content (AvgIpc) is 3.42. The number of oxime groups is 1. The topological polar surface area (TPSA) is 236 Å². The van der Waals surface area contributed by atoms with Gasteiger partial charge in [0.25, 0.3) is 11.8 Å². The van der Waals surface area contributed by atoms with Crippen molar-refractivity contribution in [2.45, 2.75) is 30.4 Å². The molecule has 0 aliphatic carbocycles. The lowest BCUT2D eigenvalue weighted by atomic mass is 10.0. The fourth-order valence-corrected chi connectivity index (χ4v) is 8.69. The standard InChI is InChI=1S/C22H27N8O10PS3/c1-5-39-41(37,40-6-2)28-21-23-11(9-43-21)12(27-38-4)15(31)24-13-18(34)30-14(20(35)36)10(7-42-19(13)30)8-44-22-25-16(32)17(33)26-29(22)3/h9,13,19H,5-8H2,1-4H3,(H,24,31)(H,26,33)(H,35,36)(H,23,28,37)/b27-12-/t13-,19-/m1/s1. The largest absolute Gasteiger partial charge is 0.477 e. The minimum Gasteiger partial charge on any atom is -0.477 e. The number of aliphatic carboxylic acids is 1. The number of hydrogen-bond donors (Lipinski definition) is 4. The van der Waals surface area contributed by atoms with Gasteiger partial charge in [0.15, 0.2) is 16.0 Å². The van der Waals surface area contributed by atoms with Crippen molar-refractivity contribution in [2.24, 2.45) is 12.2 Å². The maximum atomic E-state index is 13.2. The number of aromatic amines is 1. The van der Waals surface area contributed by atoms with Crippen LogP contribution in [0.3, 0.4) is 0 Å². The zero-order chi connectivity index (χ0) is 32.2. The van der Waals surface area contributed by atoms with Gasteiger partial charge in [-0.3, -0.25) is 48.0 Å². The first kappa shape index (κ1) is 33.4. The van der Waals surface area contributed by atoms with Crippen LogP contribution >= 0.6 is 42.6 Å². The van der Waals surface area contributed by atoms with Gasteiger partial charge in [-0.25, -0.2) is 14.3 Å². The molecule has 2 aromatic heterocycles. The first-order valence-electron chi connectivity index (χ1n) is 12.7. The lowest BCUT2D eigenvalue weighted by molar-refractivity contribution is -0.150. The number of anilines is 1. The zero-order valence-electron chi connectivity index (χ0n) is 23.6. The number of carbonyl (C=O) groups excluding carboxylic acids is 2. The van der Waals surface area contributed by atoms with Crippen LogP contribution in [-0.4, -0.2) is 96.5 Å². The number of thioether (sulfide) groups is 2. The van der Waals surface area contributed by atoms with Gasteiger partial charge in [0.2, 0.25) is 0 Å². The number of thiazole rings is 1. The molecule has 0 radical (unpaired) electrons. The van der Waals surface area contributed by atoms with Gasteiger partial charge in [0.05, 0.1) is 13.2 Å². The Hall–Kier alpha value is -3.49. The van der Waals surface area contributed by atoms with Crippen molar-refractivity contribution in [3.8, 4) is 0 Å². The fraction of sp³-hybridized carbons (Fsp3) is 0.455. The van der Waals surface area contributed by atoms with E-state index in [0.29, 0.717) is 5.57 Å². The number of hydrogen-bond acceptors (Lipinski definition) is 15. The molecule has 0 saturated carbocycles. The van der Waals surface area contributed by atoms with Crippen LogP contribution in [0.2, 0.25) is 0 Å². The Morgan fingerprint density at radius 2 is 1.95 bits per heavy atom. The molecule has 4 rings (SSSR count). The molecular weight excluding hydrogens is 663 g/mol. The summed E-state index contributed by atoms with van der Waals surface area (Å²) >= 11 is 3.26. The van der Waals surface area contributed by atoms with Crippen molar-refractivity contribution in [3.05, 3.63) is 43.1 Å². The number of nitrogens with zero attached hydrogens (tertiary/aromatic N) is 5. The number of carboxylic acids is 1. The molecule has 22 heteroatoms. The lowest BCUT2D eigenvalue weighted by Gasteiger charge is -2.49. The van der Waals surface area contributed by atoms with Gasteiger partial charge in [-0.05, 0) is 19.4 Å². The van der Waals surface area contributed by atoms with Crippen LogP contribution in [0.5, 0.6) is 0 Å². The third-order valence-corrected chi connectivity index (χ3v) is 10.9. The summed E-state index contributed by atoms with van der Waals surface area (Å²) in [6.07, 6.45) is 0. The van der Waals surface area contributed by atoms with Crippen molar-refractivity contribution >= 4 is 71.2 Å². The summed E-state index contributed by atoms with van der Waals surface area (Å²) in [5, 5.41) is 22.2. The van der Waals surface area contributed by atoms with Gasteiger partial charge < -0.3 is 15.3 Å². The predicted molar refractivity (Wildman–Crippen MR) is 161 cm³/mol. The molecule has 2 aliphatic heterocycles. The van der Waals surface area contributed by atoms with Gasteiger partial charge >= 0.3 is 24.8 Å². The molecule has 2 amide bonds. The number of β-lactam (4-membered cyclic amide) rings is 1. The average molecular weight is 691 g/mol. The second-order valence-electron chi connectivity index (χ2n) is 8.71. The minimum atomic E-state index is -3.70. The van der Waals surface area contributed by atoms with Crippen LogP contribution in [0.1, 0.15) is 19.5 Å². The number of nitrogens with one attached hydrogen (secondary N) is 3. The molecule has 4 heterocycles. The minimum absolute atomic E-state index is 0.0482. The number of rotatable bonds is 14. The van der Waals surface area contributed by atoms with Crippen LogP contribution in [-0.2, 0) is 39.9 Å². The van der Waals surface area contributed by atoms with Crippen LogP contribution in [0, 0.1) is 0 Å². The summed E-state index contributed by atoms with van der Waals surface area (Å²) in [5.74, 6) is -2.54. The van der Waals surface area contributed by atoms with Crippen molar-refractivity contribution in [2.75, 3.05) is 36.9 Å². The van der Waals surface area contributed by atoms with Gasteiger partial charge in [-0.15, -0.1) is 23.1 Å². The molecule has 2 atom stereocenters. The number of aromatic nitrogens is 4. The van der Waals surface area contributed by atoms with Gasteiger partial charge in [-0.1, -0.05) is 16.9 Å². The number of H-pyrrole nitrogens is 1. The first-order chi connectivity index (χ1) is 20.9. The third-order valence-electron chi connectivity index (χ3n) is 5.83. The summed E-state index contributed by atoms with van der Waals surface area (Å²) in [4.78, 5) is 75.5. The Kier molecular flexibility index (Phi) is 10.7. The van der Waals surface area contributed by atoms with Gasteiger partial charge in [0.1, 0.15) is 29.9 Å². The molecule has 18 nitrogen and oxygen atoms in total. The molecule has 0 aromatic carbocycles. The number of amides is 2. The highest BCUT2D eigenvalue weighted by Gasteiger charge is 2.54. The lowest BCUT2D eigenvalue weighted by Crippen LogP contribution is -2.71. The smallest absolute Gasteiger partial charge is 0.434 e. The summed E-state index contributed by atoms with van der Waals surface area (Å²) < 4.78 is 24.4. The molecule has 2 aliphatic rings. The fourth-order valence-electron chi connectivity index (χ4n) is 4.03. The zero-order valence-corrected chi connectivity index (χ0v) is 26.9. The van der Waals surface area contributed by atoms with E-state index in [9.17, 15) is 33.6 Å². The Balaban J connectivity index is 1.48. The second kappa shape index (κ2) is 14.1. The third kappa shape index (κ3) is 7.08. The van der Waals surface area contributed by atoms with E-state index < -0.39 is 48.1 Å². The van der Waals surface area contributed by atoms with Crippen molar-refractivity contribution in [1.29, 1.82) is 0 Å². The van der Waals surface area contributed by atoms with E-state index in [1.807, 2.05) is 0 Å². The maximum Gasteiger partial charge on any atom is 0.434 e. The summed E-state index contributed by atoms with van der Waals surface area (Å²) in [6, 6.07) is -1.08. The number of fused-ring (bicyclic) bond motifs is 1. The van der Waals surface area contributed by atoms with E-state index in [1.165, 1.54) is 36.0 Å². The molecular formula is C22H27N8O10PS3. The molecule has 1 fully saturated rings. The Labute approximate surface area is 261 Å². The molecule has 44 heavy (non-hydrogen) atoms. The molecule has 4 N–H and O–H groups in total. The highest BCUT2D eigenvalue weighted by molar-refractivity contribution is 8.01. The number of carboxylic acid groups (broad SMARTS) is 1. The van der Waals surface area contributed by atoms with Crippen LogP contribution in [0.25, 0.3) is 0 Å². The molecule has 2 aromatic rings. The van der Waals surface area contributed by atoms with Gasteiger partial charge in [0, 0.05) is 23.9 Å². The van der Waals surface area contributed by atoms with Crippen molar-refractivity contribution in [3.63, 3.8) is 0 Å². The van der Waals surface area contributed by atoms with Crippen LogP contribution in [0.15, 0.2) is 36.6 Å².